The van der Waals surface area contributed by atoms with Crippen LogP contribution in [0.1, 0.15) is 33.1 Å². The van der Waals surface area contributed by atoms with Crippen LogP contribution in [0.25, 0.3) is 0 Å². The van der Waals surface area contributed by atoms with Gasteiger partial charge in [0, 0.05) is 0 Å². The fourth-order valence-corrected chi connectivity index (χ4v) is 1.44. The van der Waals surface area contributed by atoms with Crippen LogP contribution in [-0.2, 0) is 14.3 Å². The average molecular weight is 172 g/mol. The van der Waals surface area contributed by atoms with Crippen LogP contribution in [0, 0.1) is 0 Å². The van der Waals surface area contributed by atoms with Gasteiger partial charge in [0.1, 0.15) is 0 Å². The van der Waals surface area contributed by atoms with E-state index in [1.165, 1.54) is 0 Å². The first-order valence-electron chi connectivity index (χ1n) is 4.53. The molecule has 0 N–H and O–H groups in total. The molecule has 1 rings (SSSR count). The Morgan fingerprint density at radius 2 is 2.33 bits per heavy atom. The molecule has 0 aromatic rings. The molecule has 3 nitrogen and oxygen atoms in total. The zero-order valence-electron chi connectivity index (χ0n) is 7.71. The second kappa shape index (κ2) is 4.45. The average Bonchev–Trinajstić information content (AvgIpc) is 2.36. The Balaban J connectivity index is 2.18. The van der Waals surface area contributed by atoms with E-state index in [2.05, 4.69) is 0 Å². The summed E-state index contributed by atoms with van der Waals surface area (Å²) in [5.41, 5.74) is 0. The summed E-state index contributed by atoms with van der Waals surface area (Å²) in [6.45, 7) is 4.31. The van der Waals surface area contributed by atoms with E-state index in [9.17, 15) is 4.79 Å². The number of hydrogen-bond donors (Lipinski definition) is 0. The smallest absolute Gasteiger partial charge is 0.308 e. The van der Waals surface area contributed by atoms with Gasteiger partial charge in [-0.2, -0.15) is 0 Å². The molecule has 0 aliphatic carbocycles. The van der Waals surface area contributed by atoms with Gasteiger partial charge in [-0.25, -0.2) is 0 Å². The summed E-state index contributed by atoms with van der Waals surface area (Å²) in [4.78, 5) is 11.0. The standard InChI is InChI=1S/C9H16O3/c1-3-11-9(10)6-8-5-4-7(2)12-8/h7-8H,3-6H2,1-2H3. The number of esters is 1. The monoisotopic (exact) mass is 172 g/mol. The van der Waals surface area contributed by atoms with Gasteiger partial charge >= 0.3 is 5.97 Å². The van der Waals surface area contributed by atoms with Crippen molar-refractivity contribution in [1.29, 1.82) is 0 Å². The number of carbonyl (C=O) groups is 1. The summed E-state index contributed by atoms with van der Waals surface area (Å²) in [7, 11) is 0. The highest BCUT2D eigenvalue weighted by Crippen LogP contribution is 2.21. The molecular weight excluding hydrogens is 156 g/mol. The van der Waals surface area contributed by atoms with Crippen molar-refractivity contribution in [3.05, 3.63) is 0 Å². The molecule has 1 aliphatic heterocycles. The number of ether oxygens (including phenoxy) is 2. The molecule has 3 heteroatoms. The fraction of sp³-hybridized carbons (Fsp3) is 0.889. The van der Waals surface area contributed by atoms with Crippen LogP contribution in [0.5, 0.6) is 0 Å². The largest absolute Gasteiger partial charge is 0.466 e. The van der Waals surface area contributed by atoms with Crippen molar-refractivity contribution in [3.8, 4) is 0 Å². The summed E-state index contributed by atoms with van der Waals surface area (Å²) >= 11 is 0. The van der Waals surface area contributed by atoms with Gasteiger partial charge < -0.3 is 9.47 Å². The van der Waals surface area contributed by atoms with Crippen molar-refractivity contribution >= 4 is 5.97 Å². The van der Waals surface area contributed by atoms with Gasteiger partial charge in [-0.1, -0.05) is 0 Å². The maximum atomic E-state index is 11.0. The van der Waals surface area contributed by atoms with Gasteiger partial charge in [0.25, 0.3) is 0 Å². The molecule has 0 radical (unpaired) electrons. The number of rotatable bonds is 3. The van der Waals surface area contributed by atoms with Gasteiger partial charge in [0.05, 0.1) is 25.2 Å². The minimum Gasteiger partial charge on any atom is -0.466 e. The van der Waals surface area contributed by atoms with E-state index in [0.717, 1.165) is 12.8 Å². The first kappa shape index (κ1) is 9.52. The lowest BCUT2D eigenvalue weighted by Gasteiger charge is -2.09. The molecule has 0 spiro atoms. The summed E-state index contributed by atoms with van der Waals surface area (Å²) in [6, 6.07) is 0. The Hall–Kier alpha value is -0.570. The van der Waals surface area contributed by atoms with Crippen molar-refractivity contribution in [2.24, 2.45) is 0 Å². The maximum Gasteiger partial charge on any atom is 0.308 e. The van der Waals surface area contributed by atoms with Crippen LogP contribution in [0.2, 0.25) is 0 Å². The highest BCUT2D eigenvalue weighted by atomic mass is 16.5. The third-order valence-electron chi connectivity index (χ3n) is 2.02. The first-order chi connectivity index (χ1) is 5.72. The predicted molar refractivity (Wildman–Crippen MR) is 44.8 cm³/mol. The van der Waals surface area contributed by atoms with Crippen LogP contribution in [0.3, 0.4) is 0 Å². The Morgan fingerprint density at radius 1 is 1.58 bits per heavy atom. The van der Waals surface area contributed by atoms with Crippen LogP contribution < -0.4 is 0 Å². The molecule has 0 aromatic heterocycles. The quantitative estimate of drug-likeness (QED) is 0.605. The highest BCUT2D eigenvalue weighted by molar-refractivity contribution is 5.69. The van der Waals surface area contributed by atoms with E-state index < -0.39 is 0 Å². The topological polar surface area (TPSA) is 35.5 Å². The summed E-state index contributed by atoms with van der Waals surface area (Å²) in [5, 5.41) is 0. The third-order valence-corrected chi connectivity index (χ3v) is 2.02. The van der Waals surface area contributed by atoms with E-state index in [4.69, 9.17) is 9.47 Å². The molecule has 70 valence electrons. The SMILES string of the molecule is CCOC(=O)CC1CCC(C)O1. The van der Waals surface area contributed by atoms with Gasteiger partial charge in [0.15, 0.2) is 0 Å². The maximum absolute atomic E-state index is 11.0. The van der Waals surface area contributed by atoms with Crippen LogP contribution in [-0.4, -0.2) is 24.8 Å². The molecule has 0 aromatic carbocycles. The van der Waals surface area contributed by atoms with Crippen molar-refractivity contribution in [3.63, 3.8) is 0 Å². The zero-order valence-corrected chi connectivity index (χ0v) is 7.71. The molecule has 0 saturated carbocycles. The fourth-order valence-electron chi connectivity index (χ4n) is 1.44. The lowest BCUT2D eigenvalue weighted by molar-refractivity contribution is -0.145. The van der Waals surface area contributed by atoms with Crippen molar-refractivity contribution in [1.82, 2.24) is 0 Å². The van der Waals surface area contributed by atoms with E-state index in [1.807, 2.05) is 13.8 Å². The zero-order chi connectivity index (χ0) is 8.97. The van der Waals surface area contributed by atoms with Crippen LogP contribution >= 0.6 is 0 Å². The minimum absolute atomic E-state index is 0.0963. The van der Waals surface area contributed by atoms with Gasteiger partial charge in [-0.3, -0.25) is 4.79 Å². The van der Waals surface area contributed by atoms with Gasteiger partial charge in [-0.15, -0.1) is 0 Å². The molecule has 1 heterocycles. The van der Waals surface area contributed by atoms with E-state index >= 15 is 0 Å². The summed E-state index contributed by atoms with van der Waals surface area (Å²) < 4.78 is 10.3. The lowest BCUT2D eigenvalue weighted by Crippen LogP contribution is -2.16. The van der Waals surface area contributed by atoms with Crippen molar-refractivity contribution in [2.45, 2.75) is 45.3 Å². The van der Waals surface area contributed by atoms with Gasteiger partial charge in [0.2, 0.25) is 0 Å². The second-order valence-electron chi connectivity index (χ2n) is 3.16. The summed E-state index contributed by atoms with van der Waals surface area (Å²) in [6.07, 6.45) is 2.87. The van der Waals surface area contributed by atoms with Crippen molar-refractivity contribution < 1.29 is 14.3 Å². The van der Waals surface area contributed by atoms with E-state index in [-0.39, 0.29) is 12.1 Å². The lowest BCUT2D eigenvalue weighted by atomic mass is 10.1. The Morgan fingerprint density at radius 3 is 2.83 bits per heavy atom. The second-order valence-corrected chi connectivity index (χ2v) is 3.16. The summed E-state index contributed by atoms with van der Waals surface area (Å²) in [5.74, 6) is -0.142. The number of hydrogen-bond acceptors (Lipinski definition) is 3. The Labute approximate surface area is 73.0 Å². The third kappa shape index (κ3) is 2.81. The molecule has 0 amide bonds. The highest BCUT2D eigenvalue weighted by Gasteiger charge is 2.24. The van der Waals surface area contributed by atoms with E-state index in [0.29, 0.717) is 19.1 Å². The molecule has 1 aliphatic rings. The molecule has 2 unspecified atom stereocenters. The van der Waals surface area contributed by atoms with E-state index in [1.54, 1.807) is 0 Å². The number of carbonyl (C=O) groups excluding carboxylic acids is 1. The van der Waals surface area contributed by atoms with Crippen LogP contribution in [0.4, 0.5) is 0 Å². The molecular formula is C9H16O3. The van der Waals surface area contributed by atoms with Crippen LogP contribution in [0.15, 0.2) is 0 Å². The Bertz CT molecular complexity index is 156. The molecule has 1 saturated heterocycles. The molecule has 0 bridgehead atoms. The van der Waals surface area contributed by atoms with Crippen molar-refractivity contribution in [2.75, 3.05) is 6.61 Å². The molecule has 12 heavy (non-hydrogen) atoms. The normalized spacial score (nSPS) is 28.8. The Kier molecular flexibility index (Phi) is 3.53. The molecule has 1 fully saturated rings. The molecule has 2 atom stereocenters. The first-order valence-corrected chi connectivity index (χ1v) is 4.53. The predicted octanol–water partition coefficient (Wildman–Crippen LogP) is 1.51. The minimum atomic E-state index is -0.142. The van der Waals surface area contributed by atoms with Gasteiger partial charge in [-0.05, 0) is 26.7 Å².